The highest BCUT2D eigenvalue weighted by atomic mass is 16.6. The number of benzene rings is 1. The Balaban J connectivity index is 1.88. The summed E-state index contributed by atoms with van der Waals surface area (Å²) in [5.74, 6) is 0.353. The summed E-state index contributed by atoms with van der Waals surface area (Å²) in [5.41, 5.74) is 6.51. The van der Waals surface area contributed by atoms with E-state index in [4.69, 9.17) is 5.73 Å². The zero-order valence-corrected chi connectivity index (χ0v) is 12.0. The molecule has 0 radical (unpaired) electrons. The number of hydrogen-bond donors (Lipinski definition) is 2. The lowest BCUT2D eigenvalue weighted by Gasteiger charge is -2.34. The number of piperidine rings is 1. The van der Waals surface area contributed by atoms with Gasteiger partial charge in [-0.05, 0) is 24.5 Å². The summed E-state index contributed by atoms with van der Waals surface area (Å²) in [4.78, 5) is 24.1. The van der Waals surface area contributed by atoms with E-state index in [1.54, 1.807) is 0 Å². The van der Waals surface area contributed by atoms with Crippen LogP contribution in [0.4, 0.5) is 11.4 Å². The van der Waals surface area contributed by atoms with Crippen molar-refractivity contribution in [2.24, 2.45) is 11.7 Å². The van der Waals surface area contributed by atoms with E-state index in [9.17, 15) is 14.9 Å². The van der Waals surface area contributed by atoms with E-state index >= 15 is 0 Å². The van der Waals surface area contributed by atoms with Crippen molar-refractivity contribution in [3.05, 3.63) is 34.4 Å². The average molecular weight is 292 g/mol. The minimum absolute atomic E-state index is 0.00354. The maximum Gasteiger partial charge on any atom is 0.269 e. The van der Waals surface area contributed by atoms with E-state index in [1.807, 2.05) is 4.90 Å². The molecule has 7 nitrogen and oxygen atoms in total. The van der Waals surface area contributed by atoms with Crippen LogP contribution in [0.5, 0.6) is 0 Å². The molecule has 1 aliphatic rings. The number of nitrogens with one attached hydrogen (secondary N) is 1. The van der Waals surface area contributed by atoms with Crippen LogP contribution in [-0.4, -0.2) is 41.4 Å². The molecule has 1 aliphatic heterocycles. The first kappa shape index (κ1) is 15.4. The summed E-state index contributed by atoms with van der Waals surface area (Å²) < 4.78 is 0. The van der Waals surface area contributed by atoms with Gasteiger partial charge in [-0.3, -0.25) is 19.8 Å². The minimum atomic E-state index is -0.470. The Morgan fingerprint density at radius 1 is 1.43 bits per heavy atom. The van der Waals surface area contributed by atoms with Gasteiger partial charge in [0.2, 0.25) is 5.91 Å². The lowest BCUT2D eigenvalue weighted by Crippen LogP contribution is -2.48. The van der Waals surface area contributed by atoms with E-state index in [2.05, 4.69) is 12.2 Å². The zero-order chi connectivity index (χ0) is 15.4. The third kappa shape index (κ3) is 4.51. The molecule has 0 aliphatic carbocycles. The number of nitrogens with two attached hydrogens (primary N) is 1. The molecular formula is C14H20N4O3. The number of non-ortho nitro benzene ring substituents is 1. The molecule has 2 rings (SSSR count). The van der Waals surface area contributed by atoms with E-state index in [0.717, 1.165) is 19.5 Å². The predicted molar refractivity (Wildman–Crippen MR) is 79.9 cm³/mol. The summed E-state index contributed by atoms with van der Waals surface area (Å²) >= 11 is 0. The van der Waals surface area contributed by atoms with Crippen LogP contribution in [0.1, 0.15) is 13.3 Å². The summed E-state index contributed by atoms with van der Waals surface area (Å²) in [5, 5.41) is 13.3. The van der Waals surface area contributed by atoms with Gasteiger partial charge in [0.1, 0.15) is 0 Å². The molecule has 0 aromatic heterocycles. The number of rotatable bonds is 4. The molecular weight excluding hydrogens is 272 g/mol. The number of amides is 1. The second kappa shape index (κ2) is 6.64. The lowest BCUT2D eigenvalue weighted by atomic mass is 9.97. The maximum atomic E-state index is 12.0. The first-order valence-electron chi connectivity index (χ1n) is 6.96. The van der Waals surface area contributed by atoms with Crippen LogP contribution < -0.4 is 11.1 Å². The Labute approximate surface area is 123 Å². The summed E-state index contributed by atoms with van der Waals surface area (Å²) in [6, 6.07) is 5.91. The van der Waals surface area contributed by atoms with E-state index in [0.29, 0.717) is 11.6 Å². The minimum Gasteiger partial charge on any atom is -0.327 e. The maximum absolute atomic E-state index is 12.0. The van der Waals surface area contributed by atoms with Gasteiger partial charge in [-0.15, -0.1) is 0 Å². The number of nitro benzene ring substituents is 1. The highest BCUT2D eigenvalue weighted by Gasteiger charge is 2.23. The molecule has 1 aromatic rings. The van der Waals surface area contributed by atoms with Crippen molar-refractivity contribution < 1.29 is 9.72 Å². The van der Waals surface area contributed by atoms with Crippen molar-refractivity contribution in [3.8, 4) is 0 Å². The first-order chi connectivity index (χ1) is 9.94. The second-order valence-electron chi connectivity index (χ2n) is 5.65. The first-order valence-corrected chi connectivity index (χ1v) is 6.96. The fraction of sp³-hybridized carbons (Fsp3) is 0.500. The summed E-state index contributed by atoms with van der Waals surface area (Å²) in [7, 11) is 0. The molecule has 0 saturated carbocycles. The lowest BCUT2D eigenvalue weighted by molar-refractivity contribution is -0.384. The van der Waals surface area contributed by atoms with Gasteiger partial charge in [0.25, 0.3) is 5.69 Å². The van der Waals surface area contributed by atoms with Crippen LogP contribution in [0.3, 0.4) is 0 Å². The van der Waals surface area contributed by atoms with Gasteiger partial charge in [-0.1, -0.05) is 6.92 Å². The average Bonchev–Trinajstić information content (AvgIpc) is 2.37. The summed E-state index contributed by atoms with van der Waals surface area (Å²) in [6.07, 6.45) is 0.987. The van der Waals surface area contributed by atoms with E-state index in [-0.39, 0.29) is 24.2 Å². The van der Waals surface area contributed by atoms with Crippen LogP contribution in [0.25, 0.3) is 0 Å². The van der Waals surface area contributed by atoms with Crippen molar-refractivity contribution >= 4 is 17.3 Å². The molecule has 1 fully saturated rings. The molecule has 1 heterocycles. The smallest absolute Gasteiger partial charge is 0.269 e. The van der Waals surface area contributed by atoms with Gasteiger partial charge in [0.05, 0.1) is 11.5 Å². The molecule has 21 heavy (non-hydrogen) atoms. The number of nitro groups is 1. The van der Waals surface area contributed by atoms with Crippen molar-refractivity contribution in [3.63, 3.8) is 0 Å². The molecule has 2 atom stereocenters. The SMILES string of the molecule is CC1CC(N)CN(CC(=O)Nc2ccc([N+](=O)[O-])cc2)C1. The van der Waals surface area contributed by atoms with Gasteiger partial charge in [-0.25, -0.2) is 0 Å². The van der Waals surface area contributed by atoms with Gasteiger partial charge in [0.15, 0.2) is 0 Å². The monoisotopic (exact) mass is 292 g/mol. The topological polar surface area (TPSA) is 102 Å². The summed E-state index contributed by atoms with van der Waals surface area (Å²) in [6.45, 7) is 3.99. The Bertz CT molecular complexity index is 507. The molecule has 2 unspecified atom stereocenters. The van der Waals surface area contributed by atoms with Crippen molar-refractivity contribution in [2.45, 2.75) is 19.4 Å². The molecule has 114 valence electrons. The van der Waals surface area contributed by atoms with E-state index < -0.39 is 4.92 Å². The second-order valence-corrected chi connectivity index (χ2v) is 5.65. The highest BCUT2D eigenvalue weighted by molar-refractivity contribution is 5.92. The Morgan fingerprint density at radius 3 is 2.67 bits per heavy atom. The van der Waals surface area contributed by atoms with Gasteiger partial charge < -0.3 is 11.1 Å². The predicted octanol–water partition coefficient (Wildman–Crippen LogP) is 1.20. The quantitative estimate of drug-likeness (QED) is 0.641. The molecule has 1 amide bonds. The van der Waals surface area contributed by atoms with Gasteiger partial charge in [0, 0.05) is 37.0 Å². The molecule has 0 spiro atoms. The van der Waals surface area contributed by atoms with Gasteiger partial charge >= 0.3 is 0 Å². The standard InChI is InChI=1S/C14H20N4O3/c1-10-6-11(15)8-17(7-10)9-14(19)16-12-2-4-13(5-3-12)18(20)21/h2-5,10-11H,6-9,15H2,1H3,(H,16,19). The van der Waals surface area contributed by atoms with Crippen LogP contribution in [-0.2, 0) is 4.79 Å². The Kier molecular flexibility index (Phi) is 4.87. The van der Waals surface area contributed by atoms with Crippen molar-refractivity contribution in [2.75, 3.05) is 25.0 Å². The fourth-order valence-electron chi connectivity index (χ4n) is 2.71. The molecule has 1 saturated heterocycles. The Hall–Kier alpha value is -1.99. The number of carbonyl (C=O) groups is 1. The molecule has 1 aromatic carbocycles. The fourth-order valence-corrected chi connectivity index (χ4v) is 2.71. The van der Waals surface area contributed by atoms with Gasteiger partial charge in [-0.2, -0.15) is 0 Å². The largest absolute Gasteiger partial charge is 0.327 e. The number of likely N-dealkylation sites (tertiary alicyclic amines) is 1. The van der Waals surface area contributed by atoms with Crippen molar-refractivity contribution in [1.82, 2.24) is 4.90 Å². The Morgan fingerprint density at radius 2 is 2.10 bits per heavy atom. The highest BCUT2D eigenvalue weighted by Crippen LogP contribution is 2.17. The third-order valence-electron chi connectivity index (χ3n) is 3.50. The number of anilines is 1. The molecule has 0 bridgehead atoms. The third-order valence-corrected chi connectivity index (χ3v) is 3.50. The molecule has 3 N–H and O–H groups in total. The van der Waals surface area contributed by atoms with Crippen LogP contribution >= 0.6 is 0 Å². The zero-order valence-electron chi connectivity index (χ0n) is 12.0. The molecule has 7 heteroatoms. The number of nitrogens with zero attached hydrogens (tertiary/aromatic N) is 2. The van der Waals surface area contributed by atoms with Crippen LogP contribution in [0.2, 0.25) is 0 Å². The van der Waals surface area contributed by atoms with Crippen LogP contribution in [0, 0.1) is 16.0 Å². The van der Waals surface area contributed by atoms with Crippen molar-refractivity contribution in [1.29, 1.82) is 0 Å². The van der Waals surface area contributed by atoms with E-state index in [1.165, 1.54) is 24.3 Å². The van der Waals surface area contributed by atoms with Crippen LogP contribution in [0.15, 0.2) is 24.3 Å². The number of hydrogen-bond acceptors (Lipinski definition) is 5. The normalized spacial score (nSPS) is 22.8. The number of carbonyl (C=O) groups excluding carboxylic acids is 1.